The van der Waals surface area contributed by atoms with Crippen LogP contribution < -0.4 is 0 Å². The van der Waals surface area contributed by atoms with E-state index in [-0.39, 0.29) is 11.4 Å². The second kappa shape index (κ2) is 5.70. The summed E-state index contributed by atoms with van der Waals surface area (Å²) in [4.78, 5) is 11.4. The molecular weight excluding hydrogens is 302 g/mol. The fraction of sp³-hybridized carbons (Fsp3) is 0.312. The van der Waals surface area contributed by atoms with Crippen molar-refractivity contribution in [2.75, 3.05) is 13.1 Å². The lowest BCUT2D eigenvalue weighted by Gasteiger charge is -2.30. The number of carbonyl (C=O) groups is 1. The minimum Gasteiger partial charge on any atom is -0.481 e. The maximum absolute atomic E-state index is 12.9. The van der Waals surface area contributed by atoms with E-state index in [1.165, 1.54) is 4.31 Å². The highest BCUT2D eigenvalue weighted by Gasteiger charge is 2.33. The second-order valence-corrected chi connectivity index (χ2v) is 7.42. The predicted molar refractivity (Wildman–Crippen MR) is 83.1 cm³/mol. The first-order valence-electron chi connectivity index (χ1n) is 7.21. The van der Waals surface area contributed by atoms with Crippen LogP contribution in [-0.2, 0) is 14.8 Å². The standard InChI is InChI=1S/C16H17NO4S/c18-16(19)13-7-4-10-17(11-13)22(20,21)15-9-3-6-12-5-1-2-8-14(12)15/h1-3,5-6,8-9,13H,4,7,10-11H2,(H,18,19)/t13-/m0/s1. The van der Waals surface area contributed by atoms with Gasteiger partial charge in [0.25, 0.3) is 0 Å². The van der Waals surface area contributed by atoms with E-state index in [2.05, 4.69) is 0 Å². The van der Waals surface area contributed by atoms with Gasteiger partial charge in [-0.1, -0.05) is 36.4 Å². The Bertz CT molecular complexity index is 811. The fourth-order valence-corrected chi connectivity index (χ4v) is 4.66. The topological polar surface area (TPSA) is 74.7 Å². The van der Waals surface area contributed by atoms with Crippen molar-refractivity contribution in [3.63, 3.8) is 0 Å². The first-order valence-corrected chi connectivity index (χ1v) is 8.65. The van der Waals surface area contributed by atoms with Crippen molar-refractivity contribution in [2.45, 2.75) is 17.7 Å². The molecule has 0 amide bonds. The van der Waals surface area contributed by atoms with E-state index in [9.17, 15) is 13.2 Å². The Labute approximate surface area is 129 Å². The van der Waals surface area contributed by atoms with Crippen molar-refractivity contribution in [2.24, 2.45) is 5.92 Å². The van der Waals surface area contributed by atoms with Crippen LogP contribution in [0.5, 0.6) is 0 Å². The van der Waals surface area contributed by atoms with Gasteiger partial charge in [0.2, 0.25) is 10.0 Å². The van der Waals surface area contributed by atoms with E-state index in [0.717, 1.165) is 5.39 Å². The van der Waals surface area contributed by atoms with Crippen LogP contribution in [0, 0.1) is 5.92 Å². The van der Waals surface area contributed by atoms with Crippen LogP contribution in [0.15, 0.2) is 47.4 Å². The average molecular weight is 319 g/mol. The Hall–Kier alpha value is -1.92. The summed E-state index contributed by atoms with van der Waals surface area (Å²) in [6.07, 6.45) is 1.10. The van der Waals surface area contributed by atoms with Gasteiger partial charge in [0.15, 0.2) is 0 Å². The molecule has 0 radical (unpaired) electrons. The molecule has 1 fully saturated rings. The highest BCUT2D eigenvalue weighted by atomic mass is 32.2. The van der Waals surface area contributed by atoms with Gasteiger partial charge in [-0.25, -0.2) is 8.42 Å². The zero-order chi connectivity index (χ0) is 15.7. The molecule has 116 valence electrons. The summed E-state index contributed by atoms with van der Waals surface area (Å²) in [6, 6.07) is 12.5. The molecule has 2 aromatic rings. The van der Waals surface area contributed by atoms with Crippen molar-refractivity contribution in [3.05, 3.63) is 42.5 Å². The van der Waals surface area contributed by atoms with Gasteiger partial charge in [-0.05, 0) is 24.3 Å². The van der Waals surface area contributed by atoms with Crippen molar-refractivity contribution in [1.29, 1.82) is 0 Å². The Morgan fingerprint density at radius 3 is 2.64 bits per heavy atom. The highest BCUT2D eigenvalue weighted by Crippen LogP contribution is 2.28. The lowest BCUT2D eigenvalue weighted by atomic mass is 10.0. The number of sulfonamides is 1. The first-order chi connectivity index (χ1) is 10.5. The molecule has 1 saturated heterocycles. The van der Waals surface area contributed by atoms with E-state index in [1.54, 1.807) is 24.3 Å². The summed E-state index contributed by atoms with van der Waals surface area (Å²) in [7, 11) is -3.69. The molecule has 2 aromatic carbocycles. The zero-order valence-electron chi connectivity index (χ0n) is 12.0. The number of fused-ring (bicyclic) bond motifs is 1. The summed E-state index contributed by atoms with van der Waals surface area (Å²) in [5, 5.41) is 10.7. The largest absolute Gasteiger partial charge is 0.481 e. The van der Waals surface area contributed by atoms with Crippen molar-refractivity contribution in [3.8, 4) is 0 Å². The molecule has 1 heterocycles. The SMILES string of the molecule is O=C(O)[C@H]1CCCN(S(=O)(=O)c2cccc3ccccc23)C1. The molecule has 1 aliphatic heterocycles. The van der Waals surface area contributed by atoms with Gasteiger partial charge in [0, 0.05) is 18.5 Å². The maximum atomic E-state index is 12.9. The van der Waals surface area contributed by atoms with Crippen LogP contribution in [0.2, 0.25) is 0 Å². The smallest absolute Gasteiger partial charge is 0.307 e. The van der Waals surface area contributed by atoms with Gasteiger partial charge in [0.05, 0.1) is 10.8 Å². The van der Waals surface area contributed by atoms with E-state index < -0.39 is 21.9 Å². The predicted octanol–water partition coefficient (Wildman–Crippen LogP) is 2.33. The van der Waals surface area contributed by atoms with Crippen LogP contribution in [0.25, 0.3) is 10.8 Å². The fourth-order valence-electron chi connectivity index (χ4n) is 2.92. The normalized spacial score (nSPS) is 20.1. The minimum atomic E-state index is -3.69. The van der Waals surface area contributed by atoms with Crippen molar-refractivity contribution in [1.82, 2.24) is 4.31 Å². The molecule has 0 aliphatic carbocycles. The van der Waals surface area contributed by atoms with Gasteiger partial charge in [0.1, 0.15) is 0 Å². The molecule has 1 N–H and O–H groups in total. The third-order valence-electron chi connectivity index (χ3n) is 4.10. The molecule has 1 aliphatic rings. The maximum Gasteiger partial charge on any atom is 0.307 e. The number of hydrogen-bond donors (Lipinski definition) is 1. The van der Waals surface area contributed by atoms with Crippen LogP contribution in [-0.4, -0.2) is 36.9 Å². The Morgan fingerprint density at radius 2 is 1.86 bits per heavy atom. The van der Waals surface area contributed by atoms with Gasteiger partial charge in [-0.3, -0.25) is 4.79 Å². The van der Waals surface area contributed by atoms with Crippen LogP contribution in [0.1, 0.15) is 12.8 Å². The average Bonchev–Trinajstić information content (AvgIpc) is 2.54. The second-order valence-electron chi connectivity index (χ2n) is 5.52. The summed E-state index contributed by atoms with van der Waals surface area (Å²) >= 11 is 0. The number of carboxylic acid groups (broad SMARTS) is 1. The number of benzene rings is 2. The lowest BCUT2D eigenvalue weighted by Crippen LogP contribution is -2.42. The monoisotopic (exact) mass is 319 g/mol. The highest BCUT2D eigenvalue weighted by molar-refractivity contribution is 7.89. The van der Waals surface area contributed by atoms with Crippen molar-refractivity contribution >= 4 is 26.8 Å². The Balaban J connectivity index is 2.03. The van der Waals surface area contributed by atoms with Crippen LogP contribution in [0.3, 0.4) is 0 Å². The van der Waals surface area contributed by atoms with E-state index >= 15 is 0 Å². The molecular formula is C16H17NO4S. The number of piperidine rings is 1. The number of rotatable bonds is 3. The van der Waals surface area contributed by atoms with Crippen LogP contribution in [0.4, 0.5) is 0 Å². The molecule has 6 heteroatoms. The minimum absolute atomic E-state index is 0.0425. The molecule has 0 aromatic heterocycles. The first kappa shape index (κ1) is 15.0. The van der Waals surface area contributed by atoms with Gasteiger partial charge in [-0.2, -0.15) is 4.31 Å². The summed E-state index contributed by atoms with van der Waals surface area (Å²) in [5.41, 5.74) is 0. The van der Waals surface area contributed by atoms with Gasteiger partial charge in [-0.15, -0.1) is 0 Å². The quantitative estimate of drug-likeness (QED) is 0.942. The Kier molecular flexibility index (Phi) is 3.88. The number of hydrogen-bond acceptors (Lipinski definition) is 3. The molecule has 0 saturated carbocycles. The van der Waals surface area contributed by atoms with E-state index in [4.69, 9.17) is 5.11 Å². The molecule has 1 atom stereocenters. The van der Waals surface area contributed by atoms with Crippen molar-refractivity contribution < 1.29 is 18.3 Å². The van der Waals surface area contributed by atoms with E-state index in [0.29, 0.717) is 24.8 Å². The number of nitrogens with zero attached hydrogens (tertiary/aromatic N) is 1. The third-order valence-corrected chi connectivity index (χ3v) is 6.02. The lowest BCUT2D eigenvalue weighted by molar-refractivity contribution is -0.142. The molecule has 0 bridgehead atoms. The molecule has 3 rings (SSSR count). The summed E-state index contributed by atoms with van der Waals surface area (Å²) in [5.74, 6) is -1.56. The summed E-state index contributed by atoms with van der Waals surface area (Å²) < 4.78 is 27.1. The number of aliphatic carboxylic acids is 1. The van der Waals surface area contributed by atoms with Gasteiger partial charge >= 0.3 is 5.97 Å². The molecule has 22 heavy (non-hydrogen) atoms. The van der Waals surface area contributed by atoms with E-state index in [1.807, 2.05) is 18.2 Å². The zero-order valence-corrected chi connectivity index (χ0v) is 12.8. The van der Waals surface area contributed by atoms with Gasteiger partial charge < -0.3 is 5.11 Å². The Morgan fingerprint density at radius 1 is 1.14 bits per heavy atom. The number of carboxylic acids is 1. The third kappa shape index (κ3) is 2.60. The molecule has 0 unspecified atom stereocenters. The summed E-state index contributed by atoms with van der Waals surface area (Å²) in [6.45, 7) is 0.413. The molecule has 5 nitrogen and oxygen atoms in total. The molecule has 0 spiro atoms. The van der Waals surface area contributed by atoms with Crippen LogP contribution >= 0.6 is 0 Å².